The van der Waals surface area contributed by atoms with Gasteiger partial charge in [-0.1, -0.05) is 24.3 Å². The lowest BCUT2D eigenvalue weighted by molar-refractivity contribution is -0.137. The van der Waals surface area contributed by atoms with Crippen LogP contribution < -0.4 is 5.32 Å². The largest absolute Gasteiger partial charge is 0.468 e. The van der Waals surface area contributed by atoms with Gasteiger partial charge < -0.3 is 9.73 Å². The second kappa shape index (κ2) is 9.58. The Morgan fingerprint density at radius 1 is 0.875 bits per heavy atom. The van der Waals surface area contributed by atoms with Crippen molar-refractivity contribution in [3.63, 3.8) is 0 Å². The maximum Gasteiger partial charge on any atom is 0.417 e. The highest BCUT2D eigenvalue weighted by Crippen LogP contribution is 2.32. The van der Waals surface area contributed by atoms with Crippen LogP contribution >= 0.6 is 0 Å². The SMILES string of the molecule is O=C(Nc1ccc(CN2CCN(Cc3ccco3)CC2)cc1)c1ccccc1C(F)(F)F. The molecule has 5 nitrogen and oxygen atoms in total. The van der Waals surface area contributed by atoms with E-state index in [0.29, 0.717) is 5.69 Å². The minimum absolute atomic E-state index is 0.392. The summed E-state index contributed by atoms with van der Waals surface area (Å²) in [6.45, 7) is 5.37. The normalized spacial score (nSPS) is 15.6. The van der Waals surface area contributed by atoms with Crippen molar-refractivity contribution in [2.75, 3.05) is 31.5 Å². The van der Waals surface area contributed by atoms with Gasteiger partial charge in [0.15, 0.2) is 0 Å². The summed E-state index contributed by atoms with van der Waals surface area (Å²) in [6.07, 6.45) is -2.90. The van der Waals surface area contributed by atoms with Gasteiger partial charge >= 0.3 is 6.18 Å². The summed E-state index contributed by atoms with van der Waals surface area (Å²) >= 11 is 0. The smallest absolute Gasteiger partial charge is 0.417 e. The molecule has 0 radical (unpaired) electrons. The second-order valence-electron chi connectivity index (χ2n) is 7.83. The topological polar surface area (TPSA) is 48.7 Å². The Labute approximate surface area is 184 Å². The average Bonchev–Trinajstić information content (AvgIpc) is 3.29. The maximum absolute atomic E-state index is 13.1. The molecular weight excluding hydrogens is 419 g/mol. The lowest BCUT2D eigenvalue weighted by Crippen LogP contribution is -2.45. The number of furan rings is 1. The summed E-state index contributed by atoms with van der Waals surface area (Å²) in [6, 6.07) is 15.9. The van der Waals surface area contributed by atoms with Crippen LogP contribution in [0.3, 0.4) is 0 Å². The van der Waals surface area contributed by atoms with E-state index >= 15 is 0 Å². The molecule has 1 aliphatic heterocycles. The van der Waals surface area contributed by atoms with Gasteiger partial charge in [0.25, 0.3) is 5.91 Å². The molecule has 0 spiro atoms. The van der Waals surface area contributed by atoms with Gasteiger partial charge in [0.2, 0.25) is 0 Å². The first-order chi connectivity index (χ1) is 15.4. The van der Waals surface area contributed by atoms with E-state index in [1.54, 1.807) is 18.4 Å². The first-order valence-corrected chi connectivity index (χ1v) is 10.4. The Kier molecular flexibility index (Phi) is 6.62. The summed E-state index contributed by atoms with van der Waals surface area (Å²) < 4.78 is 44.9. The minimum Gasteiger partial charge on any atom is -0.468 e. The molecule has 8 heteroatoms. The Morgan fingerprint density at radius 2 is 1.53 bits per heavy atom. The van der Waals surface area contributed by atoms with Crippen LogP contribution in [0.1, 0.15) is 27.2 Å². The molecule has 2 aromatic carbocycles. The number of piperazine rings is 1. The molecule has 0 unspecified atom stereocenters. The van der Waals surface area contributed by atoms with Gasteiger partial charge in [0, 0.05) is 38.4 Å². The number of halogens is 3. The van der Waals surface area contributed by atoms with Crippen LogP contribution in [0.25, 0.3) is 0 Å². The number of hydrogen-bond acceptors (Lipinski definition) is 4. The van der Waals surface area contributed by atoms with Crippen molar-refractivity contribution in [1.29, 1.82) is 0 Å². The minimum atomic E-state index is -4.58. The molecule has 168 valence electrons. The molecule has 1 saturated heterocycles. The lowest BCUT2D eigenvalue weighted by atomic mass is 10.1. The summed E-state index contributed by atoms with van der Waals surface area (Å²) in [4.78, 5) is 17.1. The fraction of sp³-hybridized carbons (Fsp3) is 0.292. The van der Waals surface area contributed by atoms with Crippen LogP contribution in [-0.4, -0.2) is 41.9 Å². The Hall–Kier alpha value is -3.10. The molecule has 0 bridgehead atoms. The molecule has 0 atom stereocenters. The second-order valence-corrected chi connectivity index (χ2v) is 7.83. The van der Waals surface area contributed by atoms with Crippen LogP contribution in [0.15, 0.2) is 71.3 Å². The number of nitrogens with one attached hydrogen (secondary N) is 1. The predicted octanol–water partition coefficient (Wildman–Crippen LogP) is 4.87. The summed E-state index contributed by atoms with van der Waals surface area (Å²) in [5, 5.41) is 2.56. The van der Waals surface area contributed by atoms with Crippen LogP contribution in [0, 0.1) is 0 Å². The molecular formula is C24H24F3N3O2. The van der Waals surface area contributed by atoms with E-state index in [1.165, 1.54) is 18.2 Å². The Morgan fingerprint density at radius 3 is 2.16 bits per heavy atom. The number of rotatable bonds is 6. The van der Waals surface area contributed by atoms with Crippen LogP contribution in [0.4, 0.5) is 18.9 Å². The predicted molar refractivity (Wildman–Crippen MR) is 115 cm³/mol. The van der Waals surface area contributed by atoms with E-state index < -0.39 is 23.2 Å². The number of carbonyl (C=O) groups is 1. The zero-order valence-electron chi connectivity index (χ0n) is 17.4. The Balaban J connectivity index is 1.30. The fourth-order valence-corrected chi connectivity index (χ4v) is 3.81. The highest BCUT2D eigenvalue weighted by molar-refractivity contribution is 6.05. The summed E-state index contributed by atoms with van der Waals surface area (Å²) in [5.74, 6) is 0.187. The van der Waals surface area contributed by atoms with E-state index in [1.807, 2.05) is 24.3 Å². The van der Waals surface area contributed by atoms with Gasteiger partial charge in [0.05, 0.1) is 23.9 Å². The zero-order valence-corrected chi connectivity index (χ0v) is 17.4. The molecule has 3 aromatic rings. The van der Waals surface area contributed by atoms with Crippen LogP contribution in [0.2, 0.25) is 0 Å². The standard InChI is InChI=1S/C24H24F3N3O2/c25-24(26,27)22-6-2-1-5-21(22)23(31)28-19-9-7-18(8-10-19)16-29-11-13-30(14-12-29)17-20-4-3-15-32-20/h1-10,15H,11-14,16-17H2,(H,28,31). The van der Waals surface area contributed by atoms with Gasteiger partial charge in [-0.15, -0.1) is 0 Å². The monoisotopic (exact) mass is 443 g/mol. The Bertz CT molecular complexity index is 1030. The number of anilines is 1. The molecule has 1 aliphatic rings. The molecule has 0 saturated carbocycles. The number of carbonyl (C=O) groups excluding carboxylic acids is 1. The van der Waals surface area contributed by atoms with Crippen molar-refractivity contribution >= 4 is 11.6 Å². The molecule has 2 heterocycles. The maximum atomic E-state index is 13.1. The first kappa shape index (κ1) is 22.1. The van der Waals surface area contributed by atoms with E-state index in [4.69, 9.17) is 4.42 Å². The van der Waals surface area contributed by atoms with Crippen molar-refractivity contribution in [2.45, 2.75) is 19.3 Å². The van der Waals surface area contributed by atoms with Gasteiger partial charge in [0.1, 0.15) is 5.76 Å². The number of alkyl halides is 3. The third-order valence-corrected chi connectivity index (χ3v) is 5.52. The highest BCUT2D eigenvalue weighted by Gasteiger charge is 2.34. The highest BCUT2D eigenvalue weighted by atomic mass is 19.4. The first-order valence-electron chi connectivity index (χ1n) is 10.4. The van der Waals surface area contributed by atoms with E-state index in [0.717, 1.165) is 56.7 Å². The van der Waals surface area contributed by atoms with Gasteiger partial charge in [-0.25, -0.2) is 0 Å². The van der Waals surface area contributed by atoms with E-state index in [-0.39, 0.29) is 0 Å². The third kappa shape index (κ3) is 5.57. The van der Waals surface area contributed by atoms with Crippen molar-refractivity contribution in [3.05, 3.63) is 89.4 Å². The number of amides is 1. The molecule has 1 N–H and O–H groups in total. The molecule has 0 aliphatic carbocycles. The van der Waals surface area contributed by atoms with Crippen molar-refractivity contribution in [3.8, 4) is 0 Å². The molecule has 1 aromatic heterocycles. The van der Waals surface area contributed by atoms with Gasteiger partial charge in [-0.2, -0.15) is 13.2 Å². The van der Waals surface area contributed by atoms with Crippen molar-refractivity contribution in [2.24, 2.45) is 0 Å². The van der Waals surface area contributed by atoms with E-state index in [9.17, 15) is 18.0 Å². The number of benzene rings is 2. The molecule has 1 amide bonds. The number of nitrogens with zero attached hydrogens (tertiary/aromatic N) is 2. The average molecular weight is 443 g/mol. The lowest BCUT2D eigenvalue weighted by Gasteiger charge is -2.34. The number of hydrogen-bond donors (Lipinski definition) is 1. The van der Waals surface area contributed by atoms with Crippen LogP contribution in [-0.2, 0) is 19.3 Å². The molecule has 4 rings (SSSR count). The third-order valence-electron chi connectivity index (χ3n) is 5.52. The fourth-order valence-electron chi connectivity index (χ4n) is 3.81. The molecule has 32 heavy (non-hydrogen) atoms. The van der Waals surface area contributed by atoms with Gasteiger partial charge in [-0.05, 0) is 42.0 Å². The zero-order chi connectivity index (χ0) is 22.6. The van der Waals surface area contributed by atoms with Crippen LogP contribution in [0.5, 0.6) is 0 Å². The summed E-state index contributed by atoms with van der Waals surface area (Å²) in [7, 11) is 0. The van der Waals surface area contributed by atoms with Crippen molar-refractivity contribution < 1.29 is 22.4 Å². The van der Waals surface area contributed by atoms with Gasteiger partial charge in [-0.3, -0.25) is 14.6 Å². The quantitative estimate of drug-likeness (QED) is 0.591. The summed E-state index contributed by atoms with van der Waals surface area (Å²) in [5.41, 5.74) is 0.203. The van der Waals surface area contributed by atoms with E-state index in [2.05, 4.69) is 15.1 Å². The van der Waals surface area contributed by atoms with Crippen molar-refractivity contribution in [1.82, 2.24) is 9.80 Å². The molecule has 1 fully saturated rings.